The second-order valence-electron chi connectivity index (χ2n) is 5.09. The van der Waals surface area contributed by atoms with Crippen molar-refractivity contribution in [3.63, 3.8) is 0 Å². The minimum atomic E-state index is -0.171. The molecule has 18 heavy (non-hydrogen) atoms. The Morgan fingerprint density at radius 2 is 1.72 bits per heavy atom. The van der Waals surface area contributed by atoms with E-state index < -0.39 is 0 Å². The summed E-state index contributed by atoms with van der Waals surface area (Å²) < 4.78 is 5.24. The van der Waals surface area contributed by atoms with Crippen molar-refractivity contribution in [1.29, 1.82) is 0 Å². The zero-order valence-corrected chi connectivity index (χ0v) is 10.3. The van der Waals surface area contributed by atoms with Gasteiger partial charge in [0.05, 0.1) is 24.3 Å². The summed E-state index contributed by atoms with van der Waals surface area (Å²) >= 11 is 0. The van der Waals surface area contributed by atoms with Crippen LogP contribution in [0.4, 0.5) is 0 Å². The van der Waals surface area contributed by atoms with E-state index in [0.717, 1.165) is 6.42 Å². The molecule has 1 aromatic rings. The molecule has 0 aliphatic carbocycles. The van der Waals surface area contributed by atoms with E-state index in [-0.39, 0.29) is 17.2 Å². The summed E-state index contributed by atoms with van der Waals surface area (Å²) in [5.41, 5.74) is 1.01. The van der Waals surface area contributed by atoms with Crippen molar-refractivity contribution in [3.05, 3.63) is 35.4 Å². The van der Waals surface area contributed by atoms with Gasteiger partial charge in [-0.15, -0.1) is 0 Å². The first-order valence-corrected chi connectivity index (χ1v) is 6.20. The molecule has 2 amide bonds. The number of hydrogen-bond donors (Lipinski definition) is 0. The molecule has 0 saturated carbocycles. The van der Waals surface area contributed by atoms with Crippen molar-refractivity contribution in [1.82, 2.24) is 4.90 Å². The molecule has 1 saturated heterocycles. The summed E-state index contributed by atoms with van der Waals surface area (Å²) in [5.74, 6) is -0.342. The number of imide groups is 1. The number of hydrogen-bond acceptors (Lipinski definition) is 3. The number of rotatable bonds is 3. The Balaban J connectivity index is 1.88. The maximum atomic E-state index is 12.2. The van der Waals surface area contributed by atoms with Gasteiger partial charge in [-0.25, -0.2) is 0 Å². The van der Waals surface area contributed by atoms with Crippen LogP contribution in [0.3, 0.4) is 0 Å². The van der Waals surface area contributed by atoms with Crippen molar-refractivity contribution in [2.24, 2.45) is 5.41 Å². The van der Waals surface area contributed by atoms with Crippen molar-refractivity contribution < 1.29 is 14.3 Å². The highest BCUT2D eigenvalue weighted by atomic mass is 16.5. The highest BCUT2D eigenvalue weighted by Gasteiger charge is 2.44. The van der Waals surface area contributed by atoms with Crippen LogP contribution < -0.4 is 0 Å². The normalized spacial score (nSPS) is 20.8. The van der Waals surface area contributed by atoms with E-state index in [4.69, 9.17) is 4.74 Å². The summed E-state index contributed by atoms with van der Waals surface area (Å²) in [6, 6.07) is 7.00. The van der Waals surface area contributed by atoms with Gasteiger partial charge in [0.15, 0.2) is 0 Å². The fourth-order valence-electron chi connectivity index (χ4n) is 2.52. The van der Waals surface area contributed by atoms with E-state index in [0.29, 0.717) is 30.9 Å². The lowest BCUT2D eigenvalue weighted by molar-refractivity contribution is -0.120. The fourth-order valence-corrected chi connectivity index (χ4v) is 2.52. The number of ether oxygens (including phenoxy) is 1. The molecule has 94 valence electrons. The van der Waals surface area contributed by atoms with E-state index in [9.17, 15) is 9.59 Å². The molecule has 1 aromatic carbocycles. The summed E-state index contributed by atoms with van der Waals surface area (Å²) in [4.78, 5) is 25.8. The van der Waals surface area contributed by atoms with Crippen LogP contribution >= 0.6 is 0 Å². The van der Waals surface area contributed by atoms with Crippen LogP contribution in [0.2, 0.25) is 0 Å². The highest BCUT2D eigenvalue weighted by Crippen LogP contribution is 2.34. The van der Waals surface area contributed by atoms with Crippen LogP contribution in [0.5, 0.6) is 0 Å². The third kappa shape index (κ3) is 1.49. The second-order valence-corrected chi connectivity index (χ2v) is 5.09. The first kappa shape index (κ1) is 11.4. The molecule has 2 heterocycles. The molecule has 0 aromatic heterocycles. The molecule has 4 nitrogen and oxygen atoms in total. The lowest BCUT2D eigenvalue weighted by atomic mass is 9.82. The van der Waals surface area contributed by atoms with E-state index in [2.05, 4.69) is 6.92 Å². The van der Waals surface area contributed by atoms with Crippen molar-refractivity contribution in [2.45, 2.75) is 13.3 Å². The number of carbonyl (C=O) groups is 2. The SMILES string of the molecule is CCC1(CN2C(=O)c3ccccc3C2=O)COC1. The summed E-state index contributed by atoms with van der Waals surface area (Å²) in [7, 11) is 0. The molecule has 2 aliphatic heterocycles. The van der Waals surface area contributed by atoms with Gasteiger partial charge in [0, 0.05) is 12.0 Å². The molecular weight excluding hydrogens is 230 g/mol. The topological polar surface area (TPSA) is 46.6 Å². The third-order valence-electron chi connectivity index (χ3n) is 3.94. The number of nitrogens with zero attached hydrogens (tertiary/aromatic N) is 1. The third-order valence-corrected chi connectivity index (χ3v) is 3.94. The van der Waals surface area contributed by atoms with Crippen LogP contribution in [0.15, 0.2) is 24.3 Å². The standard InChI is InChI=1S/C14H15NO3/c1-2-14(8-18-9-14)7-15-12(16)10-5-3-4-6-11(10)13(15)17/h3-6H,2,7-9H2,1H3. The Kier molecular flexibility index (Phi) is 2.48. The lowest BCUT2D eigenvalue weighted by Gasteiger charge is -2.42. The zero-order chi connectivity index (χ0) is 12.8. The van der Waals surface area contributed by atoms with Gasteiger partial charge in [-0.2, -0.15) is 0 Å². The van der Waals surface area contributed by atoms with E-state index >= 15 is 0 Å². The van der Waals surface area contributed by atoms with Crippen molar-refractivity contribution >= 4 is 11.8 Å². The molecule has 0 unspecified atom stereocenters. The molecule has 0 atom stereocenters. The summed E-state index contributed by atoms with van der Waals surface area (Å²) in [6.07, 6.45) is 0.917. The minimum absolute atomic E-state index is 0.0344. The lowest BCUT2D eigenvalue weighted by Crippen LogP contribution is -2.51. The molecule has 0 N–H and O–H groups in total. The Bertz CT molecular complexity index is 479. The molecule has 4 heteroatoms. The number of amides is 2. The quantitative estimate of drug-likeness (QED) is 0.762. The van der Waals surface area contributed by atoms with Gasteiger partial charge in [-0.3, -0.25) is 14.5 Å². The minimum Gasteiger partial charge on any atom is -0.380 e. The maximum absolute atomic E-state index is 12.2. The smallest absolute Gasteiger partial charge is 0.261 e. The monoisotopic (exact) mass is 245 g/mol. The highest BCUT2D eigenvalue weighted by molar-refractivity contribution is 6.21. The summed E-state index contributed by atoms with van der Waals surface area (Å²) in [5, 5.41) is 0. The molecule has 0 radical (unpaired) electrons. The average Bonchev–Trinajstić information content (AvgIpc) is 2.59. The molecule has 1 fully saturated rings. The largest absolute Gasteiger partial charge is 0.380 e. The van der Waals surface area contributed by atoms with Crippen LogP contribution in [0.1, 0.15) is 34.1 Å². The van der Waals surface area contributed by atoms with E-state index in [1.165, 1.54) is 4.90 Å². The Hall–Kier alpha value is -1.68. The van der Waals surface area contributed by atoms with Gasteiger partial charge >= 0.3 is 0 Å². The Labute approximate surface area is 106 Å². The summed E-state index contributed by atoms with van der Waals surface area (Å²) in [6.45, 7) is 3.81. The number of fused-ring (bicyclic) bond motifs is 1. The molecular formula is C14H15NO3. The predicted octanol–water partition coefficient (Wildman–Crippen LogP) is 1.71. The fraction of sp³-hybridized carbons (Fsp3) is 0.429. The van der Waals surface area contributed by atoms with E-state index in [1.54, 1.807) is 24.3 Å². The molecule has 2 aliphatic rings. The Morgan fingerprint density at radius 1 is 1.17 bits per heavy atom. The van der Waals surface area contributed by atoms with Crippen LogP contribution in [-0.4, -0.2) is 36.5 Å². The van der Waals surface area contributed by atoms with Gasteiger partial charge in [-0.05, 0) is 18.6 Å². The number of benzene rings is 1. The molecule has 0 spiro atoms. The average molecular weight is 245 g/mol. The van der Waals surface area contributed by atoms with Crippen molar-refractivity contribution in [3.8, 4) is 0 Å². The zero-order valence-electron chi connectivity index (χ0n) is 10.3. The van der Waals surface area contributed by atoms with Gasteiger partial charge in [0.25, 0.3) is 11.8 Å². The Morgan fingerprint density at radius 3 is 2.11 bits per heavy atom. The number of carbonyl (C=O) groups excluding carboxylic acids is 2. The maximum Gasteiger partial charge on any atom is 0.261 e. The predicted molar refractivity (Wildman–Crippen MR) is 65.4 cm³/mol. The van der Waals surface area contributed by atoms with Gasteiger partial charge in [0.1, 0.15) is 0 Å². The van der Waals surface area contributed by atoms with Crippen LogP contribution in [0.25, 0.3) is 0 Å². The second kappa shape index (κ2) is 3.92. The van der Waals surface area contributed by atoms with Gasteiger partial charge in [-0.1, -0.05) is 19.1 Å². The van der Waals surface area contributed by atoms with Crippen LogP contribution in [0, 0.1) is 5.41 Å². The van der Waals surface area contributed by atoms with Crippen LogP contribution in [-0.2, 0) is 4.74 Å². The van der Waals surface area contributed by atoms with Gasteiger partial charge in [0.2, 0.25) is 0 Å². The first-order valence-electron chi connectivity index (χ1n) is 6.20. The van der Waals surface area contributed by atoms with E-state index in [1.807, 2.05) is 0 Å². The van der Waals surface area contributed by atoms with Crippen molar-refractivity contribution in [2.75, 3.05) is 19.8 Å². The van der Waals surface area contributed by atoms with Gasteiger partial charge < -0.3 is 4.74 Å². The first-order chi connectivity index (χ1) is 8.67. The molecule has 3 rings (SSSR count). The molecule has 0 bridgehead atoms.